The molecule has 0 spiro atoms. The normalized spacial score (nSPS) is 9.88. The van der Waals surface area contributed by atoms with E-state index >= 15 is 0 Å². The Morgan fingerprint density at radius 2 is 2.35 bits per heavy atom. The van der Waals surface area contributed by atoms with Gasteiger partial charge in [0.1, 0.15) is 11.9 Å². The molecule has 0 aromatic carbocycles. The van der Waals surface area contributed by atoms with E-state index in [0.29, 0.717) is 23.6 Å². The maximum absolute atomic E-state index is 8.69. The summed E-state index contributed by atoms with van der Waals surface area (Å²) in [6, 6.07) is 5.65. The van der Waals surface area contributed by atoms with Gasteiger partial charge in [-0.2, -0.15) is 5.26 Å². The van der Waals surface area contributed by atoms with Gasteiger partial charge in [0.2, 0.25) is 0 Å². The first kappa shape index (κ1) is 11.9. The Hall–Kier alpha value is -1.58. The number of nitrogen functional groups attached to an aromatic ring is 1. The zero-order chi connectivity index (χ0) is 12.3. The fraction of sp³-hybridized carbons (Fsp3) is 0.0909. The molecule has 0 aliphatic heterocycles. The lowest BCUT2D eigenvalue weighted by Crippen LogP contribution is -2.03. The molecule has 0 unspecified atom stereocenters. The van der Waals surface area contributed by atoms with Gasteiger partial charge in [-0.15, -0.1) is 11.3 Å². The van der Waals surface area contributed by atoms with E-state index in [2.05, 4.69) is 26.2 Å². The van der Waals surface area contributed by atoms with Crippen molar-refractivity contribution in [2.75, 3.05) is 11.1 Å². The Morgan fingerprint density at radius 1 is 1.53 bits per heavy atom. The predicted molar refractivity (Wildman–Crippen MR) is 72.7 cm³/mol. The smallest absolute Gasteiger partial charge is 0.149 e. The first-order chi connectivity index (χ1) is 8.19. The van der Waals surface area contributed by atoms with Crippen LogP contribution in [-0.2, 0) is 6.54 Å². The number of hydrogen-bond donors (Lipinski definition) is 2. The van der Waals surface area contributed by atoms with E-state index in [1.807, 2.05) is 17.5 Å². The minimum Gasteiger partial charge on any atom is -0.396 e. The lowest BCUT2D eigenvalue weighted by Gasteiger charge is -2.06. The van der Waals surface area contributed by atoms with Crippen LogP contribution >= 0.6 is 27.3 Å². The number of anilines is 2. The molecule has 6 heteroatoms. The van der Waals surface area contributed by atoms with Crippen molar-refractivity contribution < 1.29 is 0 Å². The molecule has 2 aromatic rings. The monoisotopic (exact) mass is 308 g/mol. The fourth-order valence-electron chi connectivity index (χ4n) is 1.31. The summed E-state index contributed by atoms with van der Waals surface area (Å²) in [6.45, 7) is 0.666. The number of rotatable bonds is 3. The van der Waals surface area contributed by atoms with E-state index in [1.54, 1.807) is 17.4 Å². The Kier molecular flexibility index (Phi) is 3.61. The molecule has 17 heavy (non-hydrogen) atoms. The first-order valence-electron chi connectivity index (χ1n) is 4.81. The van der Waals surface area contributed by atoms with Gasteiger partial charge in [-0.05, 0) is 28.1 Å². The Bertz CT molecular complexity index is 573. The second kappa shape index (κ2) is 5.17. The number of nitriles is 1. The molecule has 2 rings (SSSR count). The highest BCUT2D eigenvalue weighted by atomic mass is 79.9. The van der Waals surface area contributed by atoms with Gasteiger partial charge in [0.15, 0.2) is 0 Å². The summed E-state index contributed by atoms with van der Waals surface area (Å²) in [7, 11) is 0. The van der Waals surface area contributed by atoms with Crippen molar-refractivity contribution in [1.82, 2.24) is 4.98 Å². The summed E-state index contributed by atoms with van der Waals surface area (Å²) < 4.78 is 1.07. The van der Waals surface area contributed by atoms with Crippen molar-refractivity contribution in [3.05, 3.63) is 38.6 Å². The third-order valence-electron chi connectivity index (χ3n) is 2.10. The molecule has 0 radical (unpaired) electrons. The highest BCUT2D eigenvalue weighted by Gasteiger charge is 2.03. The number of thiophene rings is 1. The van der Waals surface area contributed by atoms with E-state index in [0.717, 1.165) is 4.47 Å². The Labute approximate surface area is 111 Å². The number of pyridine rings is 1. The van der Waals surface area contributed by atoms with Gasteiger partial charge in [-0.3, -0.25) is 0 Å². The molecule has 0 saturated heterocycles. The van der Waals surface area contributed by atoms with Crippen molar-refractivity contribution in [3.63, 3.8) is 0 Å². The van der Waals surface area contributed by atoms with E-state index in [1.165, 1.54) is 11.1 Å². The zero-order valence-electron chi connectivity index (χ0n) is 8.77. The van der Waals surface area contributed by atoms with Gasteiger partial charge in [-0.25, -0.2) is 4.98 Å². The summed E-state index contributed by atoms with van der Waals surface area (Å²) in [5.74, 6) is 0.605. The number of halogens is 1. The fourth-order valence-corrected chi connectivity index (χ4v) is 2.70. The van der Waals surface area contributed by atoms with Crippen LogP contribution in [0.5, 0.6) is 0 Å². The maximum Gasteiger partial charge on any atom is 0.149 e. The van der Waals surface area contributed by atoms with E-state index in [-0.39, 0.29) is 0 Å². The molecule has 2 aromatic heterocycles. The minimum atomic E-state index is 0.465. The quantitative estimate of drug-likeness (QED) is 0.914. The highest BCUT2D eigenvalue weighted by molar-refractivity contribution is 9.10. The van der Waals surface area contributed by atoms with Crippen LogP contribution in [0.25, 0.3) is 0 Å². The van der Waals surface area contributed by atoms with Gasteiger partial charge in [0, 0.05) is 20.9 Å². The van der Waals surface area contributed by atoms with Gasteiger partial charge in [0.05, 0.1) is 17.8 Å². The van der Waals surface area contributed by atoms with Crippen molar-refractivity contribution >= 4 is 38.8 Å². The Balaban J connectivity index is 2.07. The lowest BCUT2D eigenvalue weighted by atomic mass is 10.3. The van der Waals surface area contributed by atoms with Crippen molar-refractivity contribution in [3.8, 4) is 6.07 Å². The third kappa shape index (κ3) is 2.96. The van der Waals surface area contributed by atoms with Crippen LogP contribution < -0.4 is 11.1 Å². The molecule has 0 fully saturated rings. The predicted octanol–water partition coefficient (Wildman–Crippen LogP) is 2.97. The number of aromatic nitrogens is 1. The van der Waals surface area contributed by atoms with Gasteiger partial charge in [-0.1, -0.05) is 0 Å². The molecular weight excluding hydrogens is 300 g/mol. The van der Waals surface area contributed by atoms with Crippen molar-refractivity contribution in [2.45, 2.75) is 6.54 Å². The van der Waals surface area contributed by atoms with Gasteiger partial charge in [0.25, 0.3) is 0 Å². The molecule has 4 nitrogen and oxygen atoms in total. The SMILES string of the molecule is N#Cc1cnc(NCc2cc(Br)cs2)c(N)c1. The summed E-state index contributed by atoms with van der Waals surface area (Å²) >= 11 is 5.05. The van der Waals surface area contributed by atoms with Crippen molar-refractivity contribution in [2.24, 2.45) is 0 Å². The standard InChI is InChI=1S/C11H9BrN4S/c12-8-2-9(17-6-8)5-16-11-10(14)1-7(3-13)4-15-11/h1-2,4,6H,5,14H2,(H,15,16). The van der Waals surface area contributed by atoms with Crippen LogP contribution in [0.4, 0.5) is 11.5 Å². The van der Waals surface area contributed by atoms with Crippen LogP contribution in [-0.4, -0.2) is 4.98 Å². The van der Waals surface area contributed by atoms with E-state index in [4.69, 9.17) is 11.0 Å². The van der Waals surface area contributed by atoms with Crippen LogP contribution in [0.15, 0.2) is 28.2 Å². The maximum atomic E-state index is 8.69. The highest BCUT2D eigenvalue weighted by Crippen LogP contribution is 2.22. The molecule has 0 amide bonds. The molecule has 3 N–H and O–H groups in total. The van der Waals surface area contributed by atoms with Crippen LogP contribution in [0.1, 0.15) is 10.4 Å². The molecule has 0 atom stereocenters. The van der Waals surface area contributed by atoms with E-state index < -0.39 is 0 Å². The molecule has 2 heterocycles. The molecular formula is C11H9BrN4S. The van der Waals surface area contributed by atoms with Crippen LogP contribution in [0.2, 0.25) is 0 Å². The molecule has 86 valence electrons. The number of nitrogens with zero attached hydrogens (tertiary/aromatic N) is 2. The third-order valence-corrected chi connectivity index (χ3v) is 3.80. The number of hydrogen-bond acceptors (Lipinski definition) is 5. The largest absolute Gasteiger partial charge is 0.396 e. The summed E-state index contributed by atoms with van der Waals surface area (Å²) in [4.78, 5) is 5.29. The summed E-state index contributed by atoms with van der Waals surface area (Å²) in [6.07, 6.45) is 1.50. The molecule has 0 bridgehead atoms. The summed E-state index contributed by atoms with van der Waals surface area (Å²) in [5, 5.41) is 13.9. The second-order valence-corrected chi connectivity index (χ2v) is 5.27. The molecule has 0 saturated carbocycles. The number of nitrogens with one attached hydrogen (secondary N) is 1. The lowest BCUT2D eigenvalue weighted by molar-refractivity contribution is 1.14. The van der Waals surface area contributed by atoms with Gasteiger partial charge < -0.3 is 11.1 Å². The average Bonchev–Trinajstić information content (AvgIpc) is 2.73. The second-order valence-electron chi connectivity index (χ2n) is 3.36. The average molecular weight is 309 g/mol. The van der Waals surface area contributed by atoms with E-state index in [9.17, 15) is 0 Å². The summed E-state index contributed by atoms with van der Waals surface area (Å²) in [5.41, 5.74) is 6.73. The van der Waals surface area contributed by atoms with Crippen LogP contribution in [0.3, 0.4) is 0 Å². The molecule has 0 aliphatic rings. The van der Waals surface area contributed by atoms with Crippen LogP contribution in [0, 0.1) is 11.3 Å². The van der Waals surface area contributed by atoms with Crippen molar-refractivity contribution in [1.29, 1.82) is 5.26 Å². The Morgan fingerprint density at radius 3 is 2.94 bits per heavy atom. The minimum absolute atomic E-state index is 0.465. The van der Waals surface area contributed by atoms with Gasteiger partial charge >= 0.3 is 0 Å². The topological polar surface area (TPSA) is 74.7 Å². The zero-order valence-corrected chi connectivity index (χ0v) is 11.2. The number of nitrogens with two attached hydrogens (primary N) is 1. The molecule has 0 aliphatic carbocycles. The first-order valence-corrected chi connectivity index (χ1v) is 6.48.